The van der Waals surface area contributed by atoms with E-state index in [0.29, 0.717) is 23.5 Å². The summed E-state index contributed by atoms with van der Waals surface area (Å²) in [5, 5.41) is 6.94. The predicted molar refractivity (Wildman–Crippen MR) is 143 cm³/mol. The molecule has 36 heavy (non-hydrogen) atoms. The maximum absolute atomic E-state index is 15.0. The van der Waals surface area contributed by atoms with Gasteiger partial charge in [0, 0.05) is 30.6 Å². The van der Waals surface area contributed by atoms with Crippen molar-refractivity contribution in [1.29, 1.82) is 0 Å². The molecule has 9 nitrogen and oxygen atoms in total. The summed E-state index contributed by atoms with van der Waals surface area (Å²) in [6.07, 6.45) is 10.6. The Morgan fingerprint density at radius 3 is 2.69 bits per heavy atom. The van der Waals surface area contributed by atoms with Gasteiger partial charge in [-0.2, -0.15) is 15.0 Å². The number of hydrogen-bond donors (Lipinski definition) is 3. The molecule has 1 saturated carbocycles. The number of nitrogens with two attached hydrogens (primary N) is 1. The highest BCUT2D eigenvalue weighted by Gasteiger charge is 2.32. The smallest absolute Gasteiger partial charge is 0.236 e. The van der Waals surface area contributed by atoms with Crippen molar-refractivity contribution < 1.29 is 13.3 Å². The van der Waals surface area contributed by atoms with Gasteiger partial charge in [0.2, 0.25) is 17.8 Å². The molecule has 4 N–H and O–H groups in total. The van der Waals surface area contributed by atoms with Gasteiger partial charge in [-0.1, -0.05) is 26.2 Å². The second kappa shape index (κ2) is 12.6. The van der Waals surface area contributed by atoms with Crippen molar-refractivity contribution in [2.45, 2.75) is 70.4 Å². The Labute approximate surface area is 215 Å². The van der Waals surface area contributed by atoms with E-state index in [-0.39, 0.29) is 29.7 Å². The standard InChI is InChI=1S/C25H38FN7O2S/c1-3-21(20-10-7-13-28-20)33(18-11-12-22(19(26)14-18)35-16-36(2)34)25-31-23(27)30-24(32-25)29-15-17-8-5-4-6-9-17/h11-12,14,17,20-21,28H,3-10,13,15-16H2,1-2H3,(H3,27,29,30,31,32). The average molecular weight is 520 g/mol. The lowest BCUT2D eigenvalue weighted by Crippen LogP contribution is -2.46. The molecule has 1 aliphatic heterocycles. The summed E-state index contributed by atoms with van der Waals surface area (Å²) in [7, 11) is -1.19. The Kier molecular flexibility index (Phi) is 9.30. The maximum Gasteiger partial charge on any atom is 0.236 e. The highest BCUT2D eigenvalue weighted by atomic mass is 32.2. The van der Waals surface area contributed by atoms with Crippen LogP contribution < -0.4 is 26.0 Å². The fourth-order valence-corrected chi connectivity index (χ4v) is 5.53. The van der Waals surface area contributed by atoms with Crippen LogP contribution in [0.25, 0.3) is 0 Å². The molecule has 3 unspecified atom stereocenters. The topological polar surface area (TPSA) is 118 Å². The van der Waals surface area contributed by atoms with Crippen LogP contribution >= 0.6 is 0 Å². The Hall–Kier alpha value is -2.53. The number of rotatable bonds is 11. The summed E-state index contributed by atoms with van der Waals surface area (Å²) >= 11 is 0. The molecule has 198 valence electrons. The normalized spacial score (nSPS) is 20.1. The van der Waals surface area contributed by atoms with Crippen molar-refractivity contribution in [1.82, 2.24) is 20.3 Å². The number of nitrogens with zero attached hydrogens (tertiary/aromatic N) is 4. The monoisotopic (exact) mass is 519 g/mol. The minimum Gasteiger partial charge on any atom is -0.477 e. The minimum atomic E-state index is -1.19. The zero-order valence-corrected chi connectivity index (χ0v) is 22.0. The second-order valence-corrected chi connectivity index (χ2v) is 11.1. The third-order valence-corrected chi connectivity index (χ3v) is 7.47. The van der Waals surface area contributed by atoms with Gasteiger partial charge in [0.25, 0.3) is 0 Å². The van der Waals surface area contributed by atoms with E-state index in [1.807, 2.05) is 4.90 Å². The lowest BCUT2D eigenvalue weighted by atomic mass is 9.89. The van der Waals surface area contributed by atoms with Gasteiger partial charge < -0.3 is 26.0 Å². The Morgan fingerprint density at radius 2 is 2.03 bits per heavy atom. The summed E-state index contributed by atoms with van der Waals surface area (Å²) in [6.45, 7) is 3.84. The van der Waals surface area contributed by atoms with Gasteiger partial charge in [0.05, 0.1) is 16.8 Å². The quantitative estimate of drug-likeness (QED) is 0.405. The predicted octanol–water partition coefficient (Wildman–Crippen LogP) is 3.97. The fourth-order valence-electron chi connectivity index (χ4n) is 5.24. The number of ether oxygens (including phenoxy) is 1. The summed E-state index contributed by atoms with van der Waals surface area (Å²) in [6, 6.07) is 4.94. The first-order valence-electron chi connectivity index (χ1n) is 12.9. The van der Waals surface area contributed by atoms with Crippen LogP contribution in [-0.4, -0.2) is 56.5 Å². The van der Waals surface area contributed by atoms with Crippen molar-refractivity contribution >= 4 is 34.3 Å². The van der Waals surface area contributed by atoms with Crippen molar-refractivity contribution in [3.8, 4) is 5.75 Å². The molecule has 2 heterocycles. The Bertz CT molecular complexity index is 1030. The van der Waals surface area contributed by atoms with E-state index in [1.165, 1.54) is 44.4 Å². The summed E-state index contributed by atoms with van der Waals surface area (Å²) in [5.74, 6) is 1.01. The van der Waals surface area contributed by atoms with Crippen LogP contribution in [0.15, 0.2) is 18.2 Å². The van der Waals surface area contributed by atoms with Gasteiger partial charge in [0.15, 0.2) is 17.5 Å². The number of aromatic nitrogens is 3. The number of benzene rings is 1. The highest BCUT2D eigenvalue weighted by Crippen LogP contribution is 2.33. The van der Waals surface area contributed by atoms with Gasteiger partial charge in [0.1, 0.15) is 0 Å². The zero-order chi connectivity index (χ0) is 25.5. The second-order valence-electron chi connectivity index (χ2n) is 9.70. The molecule has 0 amide bonds. The Balaban J connectivity index is 1.65. The molecule has 2 aromatic rings. The van der Waals surface area contributed by atoms with E-state index >= 15 is 4.39 Å². The number of hydrogen-bond acceptors (Lipinski definition) is 9. The molecule has 0 radical (unpaired) electrons. The van der Waals surface area contributed by atoms with Gasteiger partial charge >= 0.3 is 0 Å². The molecule has 0 bridgehead atoms. The molecule has 2 aliphatic rings. The summed E-state index contributed by atoms with van der Waals surface area (Å²) < 4.78 is 31.8. The minimum absolute atomic E-state index is 0.0187. The van der Waals surface area contributed by atoms with E-state index in [1.54, 1.807) is 12.1 Å². The fraction of sp³-hybridized carbons (Fsp3) is 0.640. The number of halogens is 1. The van der Waals surface area contributed by atoms with E-state index < -0.39 is 16.6 Å². The number of nitrogens with one attached hydrogen (secondary N) is 2. The SMILES string of the molecule is CCC(C1CCCN1)N(c1ccc(OCS(C)=O)c(F)c1)c1nc(N)nc(NCC2CCCCC2)n1. The largest absolute Gasteiger partial charge is 0.477 e. The van der Waals surface area contributed by atoms with Crippen molar-refractivity contribution in [2.75, 3.05) is 41.2 Å². The van der Waals surface area contributed by atoms with Gasteiger partial charge in [-0.05, 0) is 56.7 Å². The maximum atomic E-state index is 15.0. The summed E-state index contributed by atoms with van der Waals surface area (Å²) in [5.41, 5.74) is 6.73. The molecule has 0 spiro atoms. The van der Waals surface area contributed by atoms with Crippen LogP contribution in [0.4, 0.5) is 27.9 Å². The molecule has 1 saturated heterocycles. The average Bonchev–Trinajstić information content (AvgIpc) is 3.40. The van der Waals surface area contributed by atoms with E-state index in [2.05, 4.69) is 27.5 Å². The van der Waals surface area contributed by atoms with Crippen LogP contribution in [-0.2, 0) is 10.8 Å². The zero-order valence-electron chi connectivity index (χ0n) is 21.2. The van der Waals surface area contributed by atoms with Crippen LogP contribution in [0.3, 0.4) is 0 Å². The van der Waals surface area contributed by atoms with E-state index in [0.717, 1.165) is 32.4 Å². The molecule has 4 rings (SSSR count). The van der Waals surface area contributed by atoms with Crippen LogP contribution in [0.5, 0.6) is 5.75 Å². The Morgan fingerprint density at radius 1 is 1.22 bits per heavy atom. The highest BCUT2D eigenvalue weighted by molar-refractivity contribution is 7.84. The molecule has 1 aromatic carbocycles. The molecule has 1 aromatic heterocycles. The van der Waals surface area contributed by atoms with E-state index in [4.69, 9.17) is 15.5 Å². The van der Waals surface area contributed by atoms with Crippen molar-refractivity contribution in [2.24, 2.45) is 5.92 Å². The third-order valence-electron chi connectivity index (χ3n) is 7.02. The van der Waals surface area contributed by atoms with Crippen molar-refractivity contribution in [3.63, 3.8) is 0 Å². The lowest BCUT2D eigenvalue weighted by molar-refractivity contribution is 0.363. The number of nitrogen functional groups attached to an aromatic ring is 1. The van der Waals surface area contributed by atoms with Gasteiger partial charge in [-0.25, -0.2) is 4.39 Å². The molecular weight excluding hydrogens is 481 g/mol. The first kappa shape index (κ1) is 26.5. The van der Waals surface area contributed by atoms with Crippen molar-refractivity contribution in [3.05, 3.63) is 24.0 Å². The molecule has 1 aliphatic carbocycles. The molecular formula is C25H38FN7O2S. The van der Waals surface area contributed by atoms with Gasteiger partial charge in [-0.15, -0.1) is 0 Å². The summed E-state index contributed by atoms with van der Waals surface area (Å²) in [4.78, 5) is 15.5. The van der Waals surface area contributed by atoms with Crippen LogP contribution in [0, 0.1) is 11.7 Å². The molecule has 11 heteroatoms. The first-order valence-corrected chi connectivity index (χ1v) is 14.7. The van der Waals surface area contributed by atoms with Gasteiger partial charge in [-0.3, -0.25) is 4.21 Å². The first-order chi connectivity index (χ1) is 17.4. The van der Waals surface area contributed by atoms with Crippen LogP contribution in [0.1, 0.15) is 58.3 Å². The molecule has 3 atom stereocenters. The molecule has 2 fully saturated rings. The van der Waals surface area contributed by atoms with E-state index in [9.17, 15) is 4.21 Å². The lowest BCUT2D eigenvalue weighted by Gasteiger charge is -2.35. The third kappa shape index (κ3) is 6.82. The van der Waals surface area contributed by atoms with Crippen LogP contribution in [0.2, 0.25) is 0 Å². The number of anilines is 4.